The number of nitrogens with two attached hydrogens (primary N) is 4. The second kappa shape index (κ2) is 15.4. The molecule has 4 amide bonds. The third-order valence-electron chi connectivity index (χ3n) is 4.83. The first-order valence-electron chi connectivity index (χ1n) is 10.6. The number of hydrogen-bond acceptors (Lipinski definition) is 7. The van der Waals surface area contributed by atoms with E-state index >= 15 is 0 Å². The average Bonchev–Trinajstić information content (AvgIpc) is 2.74. The van der Waals surface area contributed by atoms with E-state index in [1.807, 2.05) is 6.92 Å². The summed E-state index contributed by atoms with van der Waals surface area (Å²) < 4.78 is 0. The van der Waals surface area contributed by atoms with E-state index in [-0.39, 0.29) is 37.7 Å². The summed E-state index contributed by atoms with van der Waals surface area (Å²) in [6.45, 7) is 3.26. The predicted molar refractivity (Wildman–Crippen MR) is 120 cm³/mol. The van der Waals surface area contributed by atoms with Crippen LogP contribution in [0.2, 0.25) is 0 Å². The number of primary amides is 1. The van der Waals surface area contributed by atoms with Crippen LogP contribution in [0.1, 0.15) is 46.0 Å². The number of nitrogens with zero attached hydrogens (tertiary/aromatic N) is 1. The lowest BCUT2D eigenvalue weighted by molar-refractivity contribution is -0.142. The van der Waals surface area contributed by atoms with Crippen LogP contribution >= 0.6 is 0 Å². The number of aliphatic imine (C=N–C) groups is 1. The molecular weight excluding hydrogens is 436 g/mol. The van der Waals surface area contributed by atoms with Crippen molar-refractivity contribution in [2.75, 3.05) is 13.1 Å². The molecule has 0 rings (SSSR count). The molecule has 14 heteroatoms. The van der Waals surface area contributed by atoms with Gasteiger partial charge in [-0.2, -0.15) is 0 Å². The van der Waals surface area contributed by atoms with Crippen molar-refractivity contribution in [2.24, 2.45) is 33.8 Å². The molecule has 0 aromatic heterocycles. The minimum absolute atomic E-state index is 0.0260. The third-order valence-corrected chi connectivity index (χ3v) is 4.83. The molecule has 4 atom stereocenters. The molecule has 4 unspecified atom stereocenters. The highest BCUT2D eigenvalue weighted by Gasteiger charge is 2.28. The van der Waals surface area contributed by atoms with E-state index in [2.05, 4.69) is 20.9 Å². The van der Waals surface area contributed by atoms with E-state index in [1.54, 1.807) is 6.92 Å². The van der Waals surface area contributed by atoms with Crippen LogP contribution in [0.3, 0.4) is 0 Å². The summed E-state index contributed by atoms with van der Waals surface area (Å²) in [4.78, 5) is 62.9. The number of hydrogen-bond donors (Lipinski definition) is 8. The normalized spacial score (nSPS) is 14.2. The molecule has 188 valence electrons. The number of guanidine groups is 1. The minimum Gasteiger partial charge on any atom is -0.480 e. The largest absolute Gasteiger partial charge is 0.480 e. The van der Waals surface area contributed by atoms with Crippen molar-refractivity contribution < 1.29 is 29.1 Å². The number of carbonyl (C=O) groups excluding carboxylic acids is 4. The number of amides is 4. The number of aliphatic carboxylic acids is 1. The van der Waals surface area contributed by atoms with Crippen molar-refractivity contribution in [1.82, 2.24) is 16.0 Å². The zero-order chi connectivity index (χ0) is 25.6. The number of rotatable bonds is 16. The van der Waals surface area contributed by atoms with Crippen molar-refractivity contribution in [3.63, 3.8) is 0 Å². The lowest BCUT2D eigenvalue weighted by Gasteiger charge is -2.25. The molecule has 0 saturated heterocycles. The molecule has 0 bridgehead atoms. The van der Waals surface area contributed by atoms with Crippen molar-refractivity contribution in [2.45, 2.75) is 64.1 Å². The molecule has 0 heterocycles. The van der Waals surface area contributed by atoms with Gasteiger partial charge in [0.1, 0.15) is 12.1 Å². The molecule has 0 aliphatic carbocycles. The second-order valence-corrected chi connectivity index (χ2v) is 7.61. The maximum atomic E-state index is 12.6. The van der Waals surface area contributed by atoms with E-state index in [4.69, 9.17) is 22.9 Å². The van der Waals surface area contributed by atoms with Crippen LogP contribution in [0.15, 0.2) is 4.99 Å². The Labute approximate surface area is 192 Å². The van der Waals surface area contributed by atoms with E-state index in [1.165, 1.54) is 0 Å². The number of carboxylic acid groups (broad SMARTS) is 1. The Hall–Kier alpha value is -3.42. The van der Waals surface area contributed by atoms with Crippen LogP contribution in [0.25, 0.3) is 0 Å². The smallest absolute Gasteiger partial charge is 0.326 e. The van der Waals surface area contributed by atoms with Gasteiger partial charge in [-0.3, -0.25) is 24.2 Å². The maximum Gasteiger partial charge on any atom is 0.326 e. The van der Waals surface area contributed by atoms with Gasteiger partial charge >= 0.3 is 5.97 Å². The summed E-state index contributed by atoms with van der Waals surface area (Å²) in [5.41, 5.74) is 21.2. The zero-order valence-corrected chi connectivity index (χ0v) is 19.0. The average molecular weight is 473 g/mol. The standard InChI is InChI=1S/C19H36N8O6/c1-3-10(2)15(27-16(30)11(20)6-7-13(21)28)17(31)25-9-14(29)26-12(18(32)33)5-4-8-24-19(22)23/h10-12,15H,3-9,20H2,1-2H3,(H2,21,28)(H,25,31)(H,26,29)(H,27,30)(H,32,33)(H4,22,23,24). The second-order valence-electron chi connectivity index (χ2n) is 7.61. The van der Waals surface area contributed by atoms with E-state index in [0.717, 1.165) is 0 Å². The van der Waals surface area contributed by atoms with Crippen LogP contribution in [0, 0.1) is 5.92 Å². The number of carbonyl (C=O) groups is 5. The molecule has 12 N–H and O–H groups in total. The van der Waals surface area contributed by atoms with Gasteiger partial charge in [-0.15, -0.1) is 0 Å². The van der Waals surface area contributed by atoms with Crippen LogP contribution < -0.4 is 38.9 Å². The first-order chi connectivity index (χ1) is 15.4. The van der Waals surface area contributed by atoms with Gasteiger partial charge in [0, 0.05) is 13.0 Å². The van der Waals surface area contributed by atoms with E-state index in [0.29, 0.717) is 12.8 Å². The Kier molecular flexibility index (Phi) is 13.8. The molecule has 0 aliphatic heterocycles. The fraction of sp³-hybridized carbons (Fsp3) is 0.684. The number of carboxylic acids is 1. The van der Waals surface area contributed by atoms with Gasteiger partial charge in [0.2, 0.25) is 23.6 Å². The van der Waals surface area contributed by atoms with E-state index in [9.17, 15) is 29.1 Å². The van der Waals surface area contributed by atoms with Gasteiger partial charge in [-0.05, 0) is 25.2 Å². The summed E-state index contributed by atoms with van der Waals surface area (Å²) in [6.07, 6.45) is 0.891. The highest BCUT2D eigenvalue weighted by molar-refractivity contribution is 5.92. The van der Waals surface area contributed by atoms with Crippen LogP contribution in [0.4, 0.5) is 0 Å². The predicted octanol–water partition coefficient (Wildman–Crippen LogP) is -3.15. The zero-order valence-electron chi connectivity index (χ0n) is 19.0. The molecule has 0 aromatic carbocycles. The molecule has 14 nitrogen and oxygen atoms in total. The Morgan fingerprint density at radius 2 is 1.64 bits per heavy atom. The first-order valence-corrected chi connectivity index (χ1v) is 10.6. The minimum atomic E-state index is -1.24. The van der Waals surface area contributed by atoms with Crippen molar-refractivity contribution in [3.8, 4) is 0 Å². The molecule has 0 spiro atoms. The summed E-state index contributed by atoms with van der Waals surface area (Å²) in [5.74, 6) is -4.23. The van der Waals surface area contributed by atoms with Crippen LogP contribution in [-0.4, -0.2) is 71.9 Å². The monoisotopic (exact) mass is 472 g/mol. The molecule has 0 fully saturated rings. The Morgan fingerprint density at radius 3 is 2.15 bits per heavy atom. The molecule has 33 heavy (non-hydrogen) atoms. The number of nitrogens with one attached hydrogen (secondary N) is 3. The van der Waals surface area contributed by atoms with Gasteiger partial charge in [-0.1, -0.05) is 20.3 Å². The lowest BCUT2D eigenvalue weighted by atomic mass is 9.97. The van der Waals surface area contributed by atoms with Crippen LogP contribution in [0.5, 0.6) is 0 Å². The van der Waals surface area contributed by atoms with Crippen LogP contribution in [-0.2, 0) is 24.0 Å². The summed E-state index contributed by atoms with van der Waals surface area (Å²) >= 11 is 0. The Balaban J connectivity index is 4.84. The quantitative estimate of drug-likeness (QED) is 0.0639. The highest BCUT2D eigenvalue weighted by atomic mass is 16.4. The van der Waals surface area contributed by atoms with E-state index < -0.39 is 54.3 Å². The molecule has 0 saturated carbocycles. The molecule has 0 aromatic rings. The summed E-state index contributed by atoms with van der Waals surface area (Å²) in [5, 5.41) is 16.5. The van der Waals surface area contributed by atoms with Gasteiger partial charge in [0.25, 0.3) is 0 Å². The SMILES string of the molecule is CCC(C)C(NC(=O)C(N)CCC(N)=O)C(=O)NCC(=O)NC(CCCN=C(N)N)C(=O)O. The Bertz CT molecular complexity index is 725. The lowest BCUT2D eigenvalue weighted by Crippen LogP contribution is -2.55. The van der Waals surface area contributed by atoms with Gasteiger partial charge in [0.05, 0.1) is 12.6 Å². The van der Waals surface area contributed by atoms with Gasteiger partial charge in [0.15, 0.2) is 5.96 Å². The first kappa shape index (κ1) is 29.6. The van der Waals surface area contributed by atoms with Crippen molar-refractivity contribution in [1.29, 1.82) is 0 Å². The molecule has 0 radical (unpaired) electrons. The van der Waals surface area contributed by atoms with Gasteiger partial charge < -0.3 is 44.0 Å². The Morgan fingerprint density at radius 1 is 1.00 bits per heavy atom. The van der Waals surface area contributed by atoms with Crippen molar-refractivity contribution in [3.05, 3.63) is 0 Å². The summed E-state index contributed by atoms with van der Waals surface area (Å²) in [7, 11) is 0. The fourth-order valence-electron chi connectivity index (χ4n) is 2.67. The maximum absolute atomic E-state index is 12.6. The highest BCUT2D eigenvalue weighted by Crippen LogP contribution is 2.09. The third kappa shape index (κ3) is 12.9. The topological polar surface area (TPSA) is 258 Å². The van der Waals surface area contributed by atoms with Crippen molar-refractivity contribution >= 4 is 35.6 Å². The van der Waals surface area contributed by atoms with Gasteiger partial charge in [-0.25, -0.2) is 4.79 Å². The molecule has 0 aliphatic rings. The fourth-order valence-corrected chi connectivity index (χ4v) is 2.67. The summed E-state index contributed by atoms with van der Waals surface area (Å²) in [6, 6.07) is -3.20. The molecular formula is C19H36N8O6.